The summed E-state index contributed by atoms with van der Waals surface area (Å²) in [6.45, 7) is 1.89. The molecule has 0 aliphatic carbocycles. The van der Waals surface area contributed by atoms with E-state index in [4.69, 9.17) is 10.00 Å². The van der Waals surface area contributed by atoms with Crippen molar-refractivity contribution in [2.24, 2.45) is 0 Å². The van der Waals surface area contributed by atoms with Gasteiger partial charge in [0.05, 0.1) is 11.6 Å². The molecule has 2 aromatic rings. The highest BCUT2D eigenvalue weighted by molar-refractivity contribution is 9.10. The van der Waals surface area contributed by atoms with Crippen molar-refractivity contribution in [2.45, 2.75) is 19.4 Å². The monoisotopic (exact) mass is 372 g/mol. The number of hydrogen-bond donors (Lipinski definition) is 1. The standard InChI is InChI=1S/C18H17BrN2O2/c1-2-16(13-7-9-15(19)10-8-13)21-18(22)12-23-17-6-4-3-5-14(17)11-20/h3-10,16H,2,12H2,1H3,(H,21,22). The fourth-order valence-electron chi connectivity index (χ4n) is 2.18. The summed E-state index contributed by atoms with van der Waals surface area (Å²) in [5.74, 6) is 0.203. The zero-order valence-corrected chi connectivity index (χ0v) is 14.3. The number of carbonyl (C=O) groups is 1. The van der Waals surface area contributed by atoms with E-state index in [0.717, 1.165) is 16.5 Å². The molecule has 118 valence electrons. The second kappa shape index (κ2) is 8.35. The van der Waals surface area contributed by atoms with Crippen LogP contribution in [0.4, 0.5) is 0 Å². The van der Waals surface area contributed by atoms with E-state index in [2.05, 4.69) is 21.2 Å². The number of ether oxygens (including phenoxy) is 1. The van der Waals surface area contributed by atoms with Crippen molar-refractivity contribution in [3.63, 3.8) is 0 Å². The molecule has 23 heavy (non-hydrogen) atoms. The maximum absolute atomic E-state index is 12.1. The maximum atomic E-state index is 12.1. The average Bonchev–Trinajstić information content (AvgIpc) is 2.59. The van der Waals surface area contributed by atoms with E-state index < -0.39 is 0 Å². The van der Waals surface area contributed by atoms with Crippen molar-refractivity contribution in [1.82, 2.24) is 5.32 Å². The van der Waals surface area contributed by atoms with Crippen molar-refractivity contribution >= 4 is 21.8 Å². The summed E-state index contributed by atoms with van der Waals surface area (Å²) in [6, 6.07) is 16.7. The number of nitrogens with one attached hydrogen (secondary N) is 1. The Morgan fingerprint density at radius 1 is 1.26 bits per heavy atom. The number of nitrogens with zero attached hydrogens (tertiary/aromatic N) is 1. The lowest BCUT2D eigenvalue weighted by Gasteiger charge is -2.18. The van der Waals surface area contributed by atoms with Crippen LogP contribution in [0, 0.1) is 11.3 Å². The molecule has 1 N–H and O–H groups in total. The van der Waals surface area contributed by atoms with E-state index >= 15 is 0 Å². The van der Waals surface area contributed by atoms with Crippen LogP contribution in [-0.2, 0) is 4.79 Å². The molecule has 2 aromatic carbocycles. The molecule has 4 nitrogen and oxygen atoms in total. The molecule has 2 rings (SSSR count). The van der Waals surface area contributed by atoms with Gasteiger partial charge in [-0.2, -0.15) is 5.26 Å². The number of para-hydroxylation sites is 1. The zero-order valence-electron chi connectivity index (χ0n) is 12.8. The van der Waals surface area contributed by atoms with Gasteiger partial charge in [-0.3, -0.25) is 4.79 Å². The van der Waals surface area contributed by atoms with Crippen LogP contribution < -0.4 is 10.1 Å². The van der Waals surface area contributed by atoms with E-state index in [0.29, 0.717) is 11.3 Å². The zero-order chi connectivity index (χ0) is 16.7. The average molecular weight is 373 g/mol. The van der Waals surface area contributed by atoms with Crippen molar-refractivity contribution in [3.8, 4) is 11.8 Å². The molecule has 1 amide bonds. The van der Waals surface area contributed by atoms with Crippen LogP contribution in [0.1, 0.15) is 30.5 Å². The first-order chi connectivity index (χ1) is 11.1. The van der Waals surface area contributed by atoms with Crippen LogP contribution in [0.15, 0.2) is 53.0 Å². The lowest BCUT2D eigenvalue weighted by molar-refractivity contribution is -0.123. The number of halogens is 1. The van der Waals surface area contributed by atoms with Gasteiger partial charge >= 0.3 is 0 Å². The van der Waals surface area contributed by atoms with Gasteiger partial charge in [-0.25, -0.2) is 0 Å². The van der Waals surface area contributed by atoms with Gasteiger partial charge in [0.25, 0.3) is 5.91 Å². The molecule has 1 unspecified atom stereocenters. The fourth-order valence-corrected chi connectivity index (χ4v) is 2.44. The lowest BCUT2D eigenvalue weighted by Crippen LogP contribution is -2.32. The van der Waals surface area contributed by atoms with Crippen molar-refractivity contribution < 1.29 is 9.53 Å². The summed E-state index contributed by atoms with van der Waals surface area (Å²) in [5.41, 5.74) is 1.46. The number of benzene rings is 2. The van der Waals surface area contributed by atoms with Gasteiger partial charge < -0.3 is 10.1 Å². The number of hydrogen-bond acceptors (Lipinski definition) is 3. The minimum atomic E-state index is -0.215. The van der Waals surface area contributed by atoms with Gasteiger partial charge in [-0.05, 0) is 36.2 Å². The molecule has 0 aliphatic rings. The largest absolute Gasteiger partial charge is 0.482 e. The molecule has 0 saturated carbocycles. The van der Waals surface area contributed by atoms with Crippen LogP contribution in [0.5, 0.6) is 5.75 Å². The Hall–Kier alpha value is -2.32. The molecule has 0 bridgehead atoms. The quantitative estimate of drug-likeness (QED) is 0.834. The molecule has 0 aromatic heterocycles. The van der Waals surface area contributed by atoms with Crippen molar-refractivity contribution in [1.29, 1.82) is 5.26 Å². The molecule has 0 fully saturated rings. The molecule has 0 aliphatic heterocycles. The topological polar surface area (TPSA) is 62.1 Å². The normalized spacial score (nSPS) is 11.3. The Balaban J connectivity index is 1.95. The summed E-state index contributed by atoms with van der Waals surface area (Å²) in [4.78, 5) is 12.1. The SMILES string of the molecule is CCC(NC(=O)COc1ccccc1C#N)c1ccc(Br)cc1. The first-order valence-electron chi connectivity index (χ1n) is 7.30. The van der Waals surface area contributed by atoms with Crippen molar-refractivity contribution in [2.75, 3.05) is 6.61 Å². The highest BCUT2D eigenvalue weighted by Gasteiger charge is 2.13. The molecular formula is C18H17BrN2O2. The molecular weight excluding hydrogens is 356 g/mol. The van der Waals surface area contributed by atoms with Gasteiger partial charge in [0.1, 0.15) is 11.8 Å². The first-order valence-corrected chi connectivity index (χ1v) is 8.10. The van der Waals surface area contributed by atoms with E-state index in [-0.39, 0.29) is 18.6 Å². The van der Waals surface area contributed by atoms with E-state index in [9.17, 15) is 4.79 Å². The number of carbonyl (C=O) groups excluding carboxylic acids is 1. The highest BCUT2D eigenvalue weighted by Crippen LogP contribution is 2.20. The molecule has 0 spiro atoms. The summed E-state index contributed by atoms with van der Waals surface area (Å²) < 4.78 is 6.45. The first kappa shape index (κ1) is 17.0. The fraction of sp³-hybridized carbons (Fsp3) is 0.222. The Kier molecular flexibility index (Phi) is 6.19. The smallest absolute Gasteiger partial charge is 0.258 e. The second-order valence-electron chi connectivity index (χ2n) is 4.98. The summed E-state index contributed by atoms with van der Waals surface area (Å²) >= 11 is 3.40. The molecule has 5 heteroatoms. The Labute approximate surface area is 144 Å². The third-order valence-electron chi connectivity index (χ3n) is 3.38. The molecule has 0 saturated heterocycles. The summed E-state index contributed by atoms with van der Waals surface area (Å²) in [5, 5.41) is 12.0. The minimum absolute atomic E-state index is 0.0644. The minimum Gasteiger partial charge on any atom is -0.482 e. The second-order valence-corrected chi connectivity index (χ2v) is 5.89. The predicted molar refractivity (Wildman–Crippen MR) is 92.0 cm³/mol. The summed E-state index contributed by atoms with van der Waals surface area (Å²) in [7, 11) is 0. The van der Waals surface area contributed by atoms with Gasteiger partial charge in [0.15, 0.2) is 6.61 Å². The lowest BCUT2D eigenvalue weighted by atomic mass is 10.0. The van der Waals surface area contributed by atoms with Gasteiger partial charge in [0.2, 0.25) is 0 Å². The number of nitriles is 1. The Morgan fingerprint density at radius 3 is 2.61 bits per heavy atom. The third-order valence-corrected chi connectivity index (χ3v) is 3.91. The summed E-state index contributed by atoms with van der Waals surface area (Å²) in [6.07, 6.45) is 0.780. The maximum Gasteiger partial charge on any atom is 0.258 e. The Bertz CT molecular complexity index is 708. The van der Waals surface area contributed by atoms with E-state index in [1.807, 2.05) is 37.3 Å². The molecule has 0 radical (unpaired) electrons. The van der Waals surface area contributed by atoms with E-state index in [1.165, 1.54) is 0 Å². The highest BCUT2D eigenvalue weighted by atomic mass is 79.9. The number of rotatable bonds is 6. The third kappa shape index (κ3) is 4.83. The van der Waals surface area contributed by atoms with Crippen LogP contribution in [0.25, 0.3) is 0 Å². The van der Waals surface area contributed by atoms with Crippen LogP contribution in [0.2, 0.25) is 0 Å². The molecule has 1 atom stereocenters. The molecule has 0 heterocycles. The van der Waals surface area contributed by atoms with E-state index in [1.54, 1.807) is 24.3 Å². The number of amides is 1. The Morgan fingerprint density at radius 2 is 1.96 bits per heavy atom. The van der Waals surface area contributed by atoms with Gasteiger partial charge in [-0.15, -0.1) is 0 Å². The van der Waals surface area contributed by atoms with Crippen molar-refractivity contribution in [3.05, 3.63) is 64.1 Å². The van der Waals surface area contributed by atoms with Crippen LogP contribution >= 0.6 is 15.9 Å². The van der Waals surface area contributed by atoms with Crippen LogP contribution in [0.3, 0.4) is 0 Å². The predicted octanol–water partition coefficient (Wildman–Crippen LogP) is 3.97. The van der Waals surface area contributed by atoms with Crippen LogP contribution in [-0.4, -0.2) is 12.5 Å². The van der Waals surface area contributed by atoms with Gasteiger partial charge in [-0.1, -0.05) is 47.1 Å². The van der Waals surface area contributed by atoms with Gasteiger partial charge in [0, 0.05) is 4.47 Å².